The van der Waals surface area contributed by atoms with Crippen molar-refractivity contribution >= 4 is 11.9 Å². The van der Waals surface area contributed by atoms with Crippen molar-refractivity contribution in [3.8, 4) is 5.69 Å². The van der Waals surface area contributed by atoms with Gasteiger partial charge in [0.25, 0.3) is 0 Å². The van der Waals surface area contributed by atoms with E-state index in [1.165, 1.54) is 11.1 Å². The van der Waals surface area contributed by atoms with Gasteiger partial charge in [0.05, 0.1) is 5.69 Å². The highest BCUT2D eigenvalue weighted by molar-refractivity contribution is 5.86. The molecule has 2 aromatic carbocycles. The number of aryl methyl sites for hydroxylation is 2. The van der Waals surface area contributed by atoms with Gasteiger partial charge in [-0.1, -0.05) is 53.1 Å². The van der Waals surface area contributed by atoms with Crippen molar-refractivity contribution in [1.82, 2.24) is 25.1 Å². The number of rotatable bonds is 7. The number of carbonyl (C=O) groups excluding carboxylic acids is 1. The second-order valence-corrected chi connectivity index (χ2v) is 7.15. The molecule has 1 aliphatic rings. The highest BCUT2D eigenvalue weighted by Crippen LogP contribution is 2.18. The summed E-state index contributed by atoms with van der Waals surface area (Å²) in [5.41, 5.74) is 3.34. The van der Waals surface area contributed by atoms with Crippen LogP contribution in [0.15, 0.2) is 54.6 Å². The van der Waals surface area contributed by atoms with E-state index in [1.54, 1.807) is 4.68 Å². The first kappa shape index (κ1) is 18.2. The highest BCUT2D eigenvalue weighted by atomic mass is 16.2. The van der Waals surface area contributed by atoms with Crippen molar-refractivity contribution < 1.29 is 4.79 Å². The Balaban J connectivity index is 1.35. The Morgan fingerprint density at radius 2 is 1.89 bits per heavy atom. The van der Waals surface area contributed by atoms with Gasteiger partial charge in [-0.15, -0.1) is 0 Å². The quantitative estimate of drug-likeness (QED) is 0.686. The first-order valence-electron chi connectivity index (χ1n) is 9.65. The highest BCUT2D eigenvalue weighted by Gasteiger charge is 2.32. The van der Waals surface area contributed by atoms with Crippen molar-refractivity contribution in [3.05, 3.63) is 65.7 Å². The summed E-state index contributed by atoms with van der Waals surface area (Å²) in [4.78, 5) is 14.7. The Hall–Kier alpha value is -3.22. The standard InChI is InChI=1S/C21H24N6O/c1-16-9-11-18(12-10-16)27-21(23-24-25-27)22-19-13-15-26(20(19)28)14-5-8-17-6-3-2-4-7-17/h2-4,6-7,9-12,19H,5,8,13-15H2,1H3,(H,22,23,25). The zero-order valence-corrected chi connectivity index (χ0v) is 16.0. The Kier molecular flexibility index (Phi) is 5.32. The number of hydrogen-bond donors (Lipinski definition) is 1. The average molecular weight is 376 g/mol. The maximum Gasteiger partial charge on any atom is 0.248 e. The third-order valence-electron chi connectivity index (χ3n) is 5.09. The molecular weight excluding hydrogens is 352 g/mol. The first-order chi connectivity index (χ1) is 13.7. The number of benzene rings is 2. The number of hydrogen-bond acceptors (Lipinski definition) is 5. The fourth-order valence-corrected chi connectivity index (χ4v) is 3.51. The molecule has 0 spiro atoms. The van der Waals surface area contributed by atoms with Gasteiger partial charge in [-0.2, -0.15) is 4.68 Å². The van der Waals surface area contributed by atoms with Crippen LogP contribution in [-0.4, -0.2) is 50.1 Å². The van der Waals surface area contributed by atoms with Gasteiger partial charge in [-0.3, -0.25) is 4.79 Å². The van der Waals surface area contributed by atoms with Crippen LogP contribution in [0, 0.1) is 6.92 Å². The fraction of sp³-hybridized carbons (Fsp3) is 0.333. The smallest absolute Gasteiger partial charge is 0.248 e. The van der Waals surface area contributed by atoms with Gasteiger partial charge in [0.15, 0.2) is 0 Å². The molecule has 1 atom stereocenters. The molecule has 28 heavy (non-hydrogen) atoms. The van der Waals surface area contributed by atoms with Crippen LogP contribution in [-0.2, 0) is 11.2 Å². The number of nitrogens with one attached hydrogen (secondary N) is 1. The molecular formula is C21H24N6O. The second-order valence-electron chi connectivity index (χ2n) is 7.15. The maximum absolute atomic E-state index is 12.8. The number of amides is 1. The molecule has 0 saturated carbocycles. The number of nitrogens with zero attached hydrogens (tertiary/aromatic N) is 5. The minimum absolute atomic E-state index is 0.117. The molecule has 144 valence electrons. The van der Waals surface area contributed by atoms with Crippen LogP contribution in [0.25, 0.3) is 5.69 Å². The zero-order valence-electron chi connectivity index (χ0n) is 16.0. The average Bonchev–Trinajstić information content (AvgIpc) is 3.31. The third kappa shape index (κ3) is 4.03. The summed E-state index contributed by atoms with van der Waals surface area (Å²) in [7, 11) is 0. The van der Waals surface area contributed by atoms with Crippen LogP contribution in [0.2, 0.25) is 0 Å². The Morgan fingerprint density at radius 3 is 2.68 bits per heavy atom. The predicted octanol–water partition coefficient (Wildman–Crippen LogP) is 2.62. The van der Waals surface area contributed by atoms with E-state index in [0.29, 0.717) is 5.95 Å². The van der Waals surface area contributed by atoms with Crippen molar-refractivity contribution in [2.24, 2.45) is 0 Å². The summed E-state index contributed by atoms with van der Waals surface area (Å²) >= 11 is 0. The summed E-state index contributed by atoms with van der Waals surface area (Å²) in [6.07, 6.45) is 2.70. The number of carbonyl (C=O) groups is 1. The van der Waals surface area contributed by atoms with Crippen LogP contribution in [0.3, 0.4) is 0 Å². The van der Waals surface area contributed by atoms with Gasteiger partial charge in [-0.05, 0) is 54.3 Å². The lowest BCUT2D eigenvalue weighted by Crippen LogP contribution is -2.34. The molecule has 7 nitrogen and oxygen atoms in total. The van der Waals surface area contributed by atoms with Crippen LogP contribution >= 0.6 is 0 Å². The summed E-state index contributed by atoms with van der Waals surface area (Å²) in [5, 5.41) is 15.1. The molecule has 7 heteroatoms. The summed E-state index contributed by atoms with van der Waals surface area (Å²) in [5.74, 6) is 0.611. The second kappa shape index (κ2) is 8.21. The van der Waals surface area contributed by atoms with Gasteiger partial charge < -0.3 is 10.2 Å². The monoisotopic (exact) mass is 376 g/mol. The Labute approximate surface area is 164 Å². The van der Waals surface area contributed by atoms with E-state index in [-0.39, 0.29) is 11.9 Å². The summed E-state index contributed by atoms with van der Waals surface area (Å²) in [6.45, 7) is 3.57. The van der Waals surface area contributed by atoms with Gasteiger partial charge in [0.2, 0.25) is 11.9 Å². The van der Waals surface area contributed by atoms with Gasteiger partial charge in [0, 0.05) is 13.1 Å². The zero-order chi connectivity index (χ0) is 19.3. The molecule has 4 rings (SSSR count). The summed E-state index contributed by atoms with van der Waals surface area (Å²) in [6, 6.07) is 18.0. The number of anilines is 1. The van der Waals surface area contributed by atoms with Crippen LogP contribution in [0.4, 0.5) is 5.95 Å². The minimum Gasteiger partial charge on any atom is -0.341 e. The number of aromatic nitrogens is 4. The Bertz CT molecular complexity index is 922. The Morgan fingerprint density at radius 1 is 1.11 bits per heavy atom. The molecule has 1 aliphatic heterocycles. The first-order valence-corrected chi connectivity index (χ1v) is 9.65. The molecule has 1 aromatic heterocycles. The third-order valence-corrected chi connectivity index (χ3v) is 5.09. The predicted molar refractivity (Wildman–Crippen MR) is 107 cm³/mol. The fourth-order valence-electron chi connectivity index (χ4n) is 3.51. The molecule has 1 amide bonds. The molecule has 2 heterocycles. The van der Waals surface area contributed by atoms with Gasteiger partial charge in [-0.25, -0.2) is 0 Å². The topological polar surface area (TPSA) is 75.9 Å². The molecule has 0 aliphatic carbocycles. The molecule has 0 radical (unpaired) electrons. The molecule has 1 saturated heterocycles. The molecule has 1 N–H and O–H groups in total. The number of tetrazole rings is 1. The van der Waals surface area contributed by atoms with Crippen LogP contribution < -0.4 is 5.32 Å². The van der Waals surface area contributed by atoms with E-state index < -0.39 is 0 Å². The lowest BCUT2D eigenvalue weighted by atomic mass is 10.1. The van der Waals surface area contributed by atoms with E-state index in [4.69, 9.17) is 0 Å². The number of likely N-dealkylation sites (tertiary alicyclic amines) is 1. The van der Waals surface area contributed by atoms with Crippen molar-refractivity contribution in [2.45, 2.75) is 32.2 Å². The van der Waals surface area contributed by atoms with Crippen molar-refractivity contribution in [3.63, 3.8) is 0 Å². The van der Waals surface area contributed by atoms with Gasteiger partial charge >= 0.3 is 0 Å². The van der Waals surface area contributed by atoms with E-state index in [1.807, 2.05) is 42.2 Å². The molecule has 3 aromatic rings. The van der Waals surface area contributed by atoms with E-state index in [9.17, 15) is 4.79 Å². The summed E-state index contributed by atoms with van der Waals surface area (Å²) < 4.78 is 1.63. The van der Waals surface area contributed by atoms with E-state index in [2.05, 4.69) is 45.1 Å². The van der Waals surface area contributed by atoms with Crippen molar-refractivity contribution in [2.75, 3.05) is 18.4 Å². The lowest BCUT2D eigenvalue weighted by Gasteiger charge is -2.17. The largest absolute Gasteiger partial charge is 0.341 e. The minimum atomic E-state index is -0.285. The van der Waals surface area contributed by atoms with E-state index in [0.717, 1.165) is 38.0 Å². The van der Waals surface area contributed by atoms with Gasteiger partial charge in [0.1, 0.15) is 6.04 Å². The van der Waals surface area contributed by atoms with Crippen LogP contribution in [0.1, 0.15) is 24.0 Å². The van der Waals surface area contributed by atoms with Crippen molar-refractivity contribution in [1.29, 1.82) is 0 Å². The lowest BCUT2D eigenvalue weighted by molar-refractivity contribution is -0.128. The molecule has 0 bridgehead atoms. The molecule has 1 unspecified atom stereocenters. The van der Waals surface area contributed by atoms with Crippen LogP contribution in [0.5, 0.6) is 0 Å². The normalized spacial score (nSPS) is 16.5. The maximum atomic E-state index is 12.8. The molecule has 1 fully saturated rings. The SMILES string of the molecule is Cc1ccc(-n2nnnc2NC2CCN(CCCc3ccccc3)C2=O)cc1. The van der Waals surface area contributed by atoms with E-state index >= 15 is 0 Å².